The monoisotopic (exact) mass is 281 g/mol. The Morgan fingerprint density at radius 3 is 2.70 bits per heavy atom. The summed E-state index contributed by atoms with van der Waals surface area (Å²) < 4.78 is 16.1. The number of benzene rings is 1. The van der Waals surface area contributed by atoms with Crippen LogP contribution < -0.4 is 15.2 Å². The molecule has 5 nitrogen and oxygen atoms in total. The van der Waals surface area contributed by atoms with E-state index in [9.17, 15) is 4.79 Å². The molecule has 112 valence electrons. The van der Waals surface area contributed by atoms with E-state index >= 15 is 0 Å². The van der Waals surface area contributed by atoms with E-state index in [2.05, 4.69) is 0 Å². The zero-order chi connectivity index (χ0) is 15.0. The third-order valence-electron chi connectivity index (χ3n) is 2.65. The maximum absolute atomic E-state index is 11.6. The molecule has 0 aliphatic heterocycles. The van der Waals surface area contributed by atoms with E-state index in [-0.39, 0.29) is 0 Å². The molecule has 0 saturated carbocycles. The summed E-state index contributed by atoms with van der Waals surface area (Å²) in [5.74, 6) is 0.868. The smallest absolute Gasteiger partial charge is 0.347 e. The molecule has 0 bridgehead atoms. The van der Waals surface area contributed by atoms with Gasteiger partial charge in [-0.2, -0.15) is 0 Å². The lowest BCUT2D eigenvalue weighted by Gasteiger charge is -2.17. The number of esters is 1. The number of ether oxygens (including phenoxy) is 3. The van der Waals surface area contributed by atoms with Crippen LogP contribution in [-0.2, 0) is 16.1 Å². The fraction of sp³-hybridized carbons (Fsp3) is 0.533. The van der Waals surface area contributed by atoms with Gasteiger partial charge in [0.05, 0.1) is 13.2 Å². The highest BCUT2D eigenvalue weighted by atomic mass is 16.6. The van der Waals surface area contributed by atoms with Gasteiger partial charge in [-0.25, -0.2) is 4.79 Å². The zero-order valence-electron chi connectivity index (χ0n) is 12.3. The largest absolute Gasteiger partial charge is 0.493 e. The minimum Gasteiger partial charge on any atom is -0.493 e. The summed E-state index contributed by atoms with van der Waals surface area (Å²) in [6.07, 6.45) is 0.246. The van der Waals surface area contributed by atoms with E-state index in [1.165, 1.54) is 0 Å². The predicted octanol–water partition coefficient (Wildman–Crippen LogP) is 2.26. The highest BCUT2D eigenvalue weighted by Crippen LogP contribution is 2.26. The zero-order valence-corrected chi connectivity index (χ0v) is 12.3. The minimum absolute atomic E-state index is 0.329. The van der Waals surface area contributed by atoms with Crippen molar-refractivity contribution in [3.63, 3.8) is 0 Å². The Morgan fingerprint density at radius 1 is 1.35 bits per heavy atom. The van der Waals surface area contributed by atoms with Gasteiger partial charge in [0.15, 0.2) is 6.10 Å². The second-order valence-corrected chi connectivity index (χ2v) is 4.33. The molecule has 1 aromatic carbocycles. The molecule has 1 atom stereocenters. The van der Waals surface area contributed by atoms with Gasteiger partial charge in [-0.15, -0.1) is 0 Å². The van der Waals surface area contributed by atoms with Gasteiger partial charge in [-0.1, -0.05) is 13.0 Å². The van der Waals surface area contributed by atoms with Crippen molar-refractivity contribution in [2.45, 2.75) is 39.8 Å². The molecule has 0 fully saturated rings. The van der Waals surface area contributed by atoms with Crippen molar-refractivity contribution in [1.29, 1.82) is 0 Å². The van der Waals surface area contributed by atoms with Gasteiger partial charge in [-0.05, 0) is 26.3 Å². The van der Waals surface area contributed by atoms with Crippen LogP contribution in [0.5, 0.6) is 11.5 Å². The highest BCUT2D eigenvalue weighted by molar-refractivity contribution is 5.74. The summed E-state index contributed by atoms with van der Waals surface area (Å²) >= 11 is 0. The average molecular weight is 281 g/mol. The first-order chi connectivity index (χ1) is 9.62. The molecule has 1 rings (SSSR count). The maximum atomic E-state index is 11.6. The fourth-order valence-corrected chi connectivity index (χ4v) is 1.62. The van der Waals surface area contributed by atoms with Crippen molar-refractivity contribution in [1.82, 2.24) is 0 Å². The molecular formula is C15H23NO4. The molecule has 0 heterocycles. The first kappa shape index (κ1) is 16.3. The SMILES string of the molecule is CCCOc1ccc(CN)c(OC(C)C(=O)OCC)c1. The van der Waals surface area contributed by atoms with Crippen LogP contribution in [0.1, 0.15) is 32.8 Å². The molecular weight excluding hydrogens is 258 g/mol. The maximum Gasteiger partial charge on any atom is 0.347 e. The Labute approximate surface area is 120 Å². The number of nitrogens with two attached hydrogens (primary N) is 1. The van der Waals surface area contributed by atoms with Crippen molar-refractivity contribution in [3.8, 4) is 11.5 Å². The molecule has 0 saturated heterocycles. The van der Waals surface area contributed by atoms with Crippen molar-refractivity contribution in [3.05, 3.63) is 23.8 Å². The number of rotatable bonds is 8. The Kier molecular flexibility index (Phi) is 6.87. The lowest BCUT2D eigenvalue weighted by atomic mass is 10.2. The summed E-state index contributed by atoms with van der Waals surface area (Å²) in [7, 11) is 0. The first-order valence-corrected chi connectivity index (χ1v) is 6.91. The van der Waals surface area contributed by atoms with Crippen LogP contribution in [0.2, 0.25) is 0 Å². The second kappa shape index (κ2) is 8.43. The summed E-state index contributed by atoms with van der Waals surface area (Å²) in [6.45, 7) is 6.74. The molecule has 1 aromatic rings. The average Bonchev–Trinajstić information content (AvgIpc) is 2.45. The normalized spacial score (nSPS) is 11.8. The molecule has 0 aliphatic carbocycles. The minimum atomic E-state index is -0.679. The van der Waals surface area contributed by atoms with Gasteiger partial charge in [-0.3, -0.25) is 0 Å². The Morgan fingerprint density at radius 2 is 2.10 bits per heavy atom. The van der Waals surface area contributed by atoms with Crippen LogP contribution >= 0.6 is 0 Å². The summed E-state index contributed by atoms with van der Waals surface area (Å²) in [4.78, 5) is 11.6. The predicted molar refractivity (Wildman–Crippen MR) is 76.8 cm³/mol. The lowest BCUT2D eigenvalue weighted by molar-refractivity contribution is -0.150. The Hall–Kier alpha value is -1.75. The van der Waals surface area contributed by atoms with Gasteiger partial charge < -0.3 is 19.9 Å². The number of carbonyl (C=O) groups excluding carboxylic acids is 1. The van der Waals surface area contributed by atoms with Crippen LogP contribution in [-0.4, -0.2) is 25.3 Å². The van der Waals surface area contributed by atoms with Crippen LogP contribution in [0.4, 0.5) is 0 Å². The van der Waals surface area contributed by atoms with Gasteiger partial charge in [0.2, 0.25) is 0 Å². The summed E-state index contributed by atoms with van der Waals surface area (Å²) in [6, 6.07) is 5.45. The van der Waals surface area contributed by atoms with Crippen molar-refractivity contribution < 1.29 is 19.0 Å². The molecule has 0 aliphatic rings. The highest BCUT2D eigenvalue weighted by Gasteiger charge is 2.17. The molecule has 2 N–H and O–H groups in total. The summed E-state index contributed by atoms with van der Waals surface area (Å²) in [5, 5.41) is 0. The Balaban J connectivity index is 2.82. The van der Waals surface area contributed by atoms with E-state index in [0.717, 1.165) is 12.0 Å². The van der Waals surface area contributed by atoms with Crippen LogP contribution in [0.25, 0.3) is 0 Å². The van der Waals surface area contributed by atoms with Gasteiger partial charge >= 0.3 is 5.97 Å². The standard InChI is InChI=1S/C15H23NO4/c1-4-8-19-13-7-6-12(10-16)14(9-13)20-11(3)15(17)18-5-2/h6-7,9,11H,4-5,8,10,16H2,1-3H3. The molecule has 5 heteroatoms. The van der Waals surface area contributed by atoms with Crippen LogP contribution in [0, 0.1) is 0 Å². The Bertz CT molecular complexity index is 434. The van der Waals surface area contributed by atoms with Crippen LogP contribution in [0.3, 0.4) is 0 Å². The van der Waals surface area contributed by atoms with Crippen LogP contribution in [0.15, 0.2) is 18.2 Å². The van der Waals surface area contributed by atoms with Crippen molar-refractivity contribution in [2.75, 3.05) is 13.2 Å². The molecule has 0 spiro atoms. The third-order valence-corrected chi connectivity index (χ3v) is 2.65. The van der Waals surface area contributed by atoms with E-state index in [1.54, 1.807) is 19.9 Å². The van der Waals surface area contributed by atoms with E-state index in [0.29, 0.717) is 31.3 Å². The van der Waals surface area contributed by atoms with E-state index in [4.69, 9.17) is 19.9 Å². The quantitative estimate of drug-likeness (QED) is 0.740. The lowest BCUT2D eigenvalue weighted by Crippen LogP contribution is -2.26. The van der Waals surface area contributed by atoms with Crippen molar-refractivity contribution in [2.24, 2.45) is 5.73 Å². The van der Waals surface area contributed by atoms with Gasteiger partial charge in [0, 0.05) is 18.2 Å². The number of carbonyl (C=O) groups is 1. The summed E-state index contributed by atoms with van der Waals surface area (Å²) in [5.41, 5.74) is 6.50. The molecule has 0 amide bonds. The van der Waals surface area contributed by atoms with Crippen molar-refractivity contribution >= 4 is 5.97 Å². The first-order valence-electron chi connectivity index (χ1n) is 6.91. The van der Waals surface area contributed by atoms with Gasteiger partial charge in [0.25, 0.3) is 0 Å². The molecule has 20 heavy (non-hydrogen) atoms. The number of hydrogen-bond acceptors (Lipinski definition) is 5. The van der Waals surface area contributed by atoms with Gasteiger partial charge in [0.1, 0.15) is 11.5 Å². The number of hydrogen-bond donors (Lipinski definition) is 1. The molecule has 0 radical (unpaired) electrons. The molecule has 0 aromatic heterocycles. The fourth-order valence-electron chi connectivity index (χ4n) is 1.62. The second-order valence-electron chi connectivity index (χ2n) is 4.33. The third kappa shape index (κ3) is 4.74. The topological polar surface area (TPSA) is 70.8 Å². The van der Waals surface area contributed by atoms with E-state index in [1.807, 2.05) is 19.1 Å². The van der Waals surface area contributed by atoms with E-state index < -0.39 is 12.1 Å². The molecule has 1 unspecified atom stereocenters.